The van der Waals surface area contributed by atoms with Crippen LogP contribution in [0.15, 0.2) is 0 Å². The van der Waals surface area contributed by atoms with Gasteiger partial charge in [-0.25, -0.2) is 4.98 Å². The van der Waals surface area contributed by atoms with E-state index in [1.807, 2.05) is 13.8 Å². The van der Waals surface area contributed by atoms with Crippen LogP contribution in [0.4, 0.5) is 0 Å². The molecule has 5 heteroatoms. The Morgan fingerprint density at radius 2 is 2.06 bits per heavy atom. The minimum atomic E-state index is -0.411. The van der Waals surface area contributed by atoms with E-state index in [9.17, 15) is 9.90 Å². The van der Waals surface area contributed by atoms with Crippen molar-refractivity contribution in [2.24, 2.45) is 0 Å². The highest BCUT2D eigenvalue weighted by Gasteiger charge is 2.25. The number of nitrogens with one attached hydrogen (secondary N) is 1. The molecule has 2 atom stereocenters. The van der Waals surface area contributed by atoms with Gasteiger partial charge in [-0.1, -0.05) is 19.3 Å². The van der Waals surface area contributed by atoms with Crippen molar-refractivity contribution in [2.75, 3.05) is 0 Å². The lowest BCUT2D eigenvalue weighted by atomic mass is 10.1. The third-order valence-electron chi connectivity index (χ3n) is 3.41. The largest absolute Gasteiger partial charge is 0.391 e. The third kappa shape index (κ3) is 3.09. The summed E-state index contributed by atoms with van der Waals surface area (Å²) in [6.07, 6.45) is 4.50. The Morgan fingerprint density at radius 3 is 2.72 bits per heavy atom. The summed E-state index contributed by atoms with van der Waals surface area (Å²) in [5.74, 6) is -0.0935. The Labute approximate surface area is 111 Å². The molecule has 1 aliphatic carbocycles. The number of aliphatic hydroxyl groups excluding tert-OH is 1. The minimum Gasteiger partial charge on any atom is -0.391 e. The molecule has 0 saturated heterocycles. The van der Waals surface area contributed by atoms with Crippen LogP contribution in [0.1, 0.15) is 52.5 Å². The Bertz CT molecular complexity index is 431. The lowest BCUT2D eigenvalue weighted by molar-refractivity contribution is 0.0821. The lowest BCUT2D eigenvalue weighted by Gasteiger charge is -2.21. The van der Waals surface area contributed by atoms with E-state index < -0.39 is 6.10 Å². The Hall–Kier alpha value is -0.940. The summed E-state index contributed by atoms with van der Waals surface area (Å²) >= 11 is 1.41. The van der Waals surface area contributed by atoms with Crippen molar-refractivity contribution < 1.29 is 9.90 Å². The molecule has 1 fully saturated rings. The average Bonchev–Trinajstić information content (AvgIpc) is 2.52. The number of thiazole rings is 1. The zero-order valence-electron chi connectivity index (χ0n) is 10.9. The Morgan fingerprint density at radius 1 is 1.33 bits per heavy atom. The van der Waals surface area contributed by atoms with Crippen LogP contribution in [0.5, 0.6) is 0 Å². The van der Waals surface area contributed by atoms with Gasteiger partial charge in [0.1, 0.15) is 4.88 Å². The molecule has 1 saturated carbocycles. The first-order valence-electron chi connectivity index (χ1n) is 6.51. The summed E-state index contributed by atoms with van der Waals surface area (Å²) in [5.41, 5.74) is 0.776. The van der Waals surface area contributed by atoms with Gasteiger partial charge in [-0.15, -0.1) is 11.3 Å². The van der Waals surface area contributed by atoms with Gasteiger partial charge in [-0.2, -0.15) is 0 Å². The second kappa shape index (κ2) is 5.80. The molecule has 2 rings (SSSR count). The molecular formula is C13H20N2O2S. The molecule has 1 aromatic rings. The number of hydrogen-bond acceptors (Lipinski definition) is 4. The van der Waals surface area contributed by atoms with Gasteiger partial charge < -0.3 is 10.4 Å². The molecule has 18 heavy (non-hydrogen) atoms. The van der Waals surface area contributed by atoms with Crippen LogP contribution >= 0.6 is 11.3 Å². The van der Waals surface area contributed by atoms with Gasteiger partial charge in [0.15, 0.2) is 0 Å². The fraction of sp³-hybridized carbons (Fsp3) is 0.692. The molecule has 2 unspecified atom stereocenters. The smallest absolute Gasteiger partial charge is 0.263 e. The number of carbonyl (C=O) groups is 1. The molecule has 1 aromatic heterocycles. The van der Waals surface area contributed by atoms with Gasteiger partial charge in [-0.05, 0) is 26.7 Å². The van der Waals surface area contributed by atoms with Crippen LogP contribution in [0.3, 0.4) is 0 Å². The molecular weight excluding hydrogens is 248 g/mol. The van der Waals surface area contributed by atoms with Crippen molar-refractivity contribution in [2.45, 2.75) is 58.1 Å². The zero-order valence-corrected chi connectivity index (χ0v) is 11.7. The van der Waals surface area contributed by atoms with Crippen molar-refractivity contribution in [1.82, 2.24) is 10.3 Å². The van der Waals surface area contributed by atoms with Crippen LogP contribution in [-0.2, 0) is 0 Å². The maximum absolute atomic E-state index is 12.2. The van der Waals surface area contributed by atoms with Crippen molar-refractivity contribution in [1.29, 1.82) is 0 Å². The standard InChI is InChI=1S/C13H20N2O2S/c1-8-12(18-9(2)14-8)13(17)15-10-6-4-3-5-7-11(10)16/h10-11,16H,3-7H2,1-2H3,(H,15,17). The predicted molar refractivity (Wildman–Crippen MR) is 71.9 cm³/mol. The third-order valence-corrected chi connectivity index (χ3v) is 4.48. The predicted octanol–water partition coefficient (Wildman–Crippen LogP) is 2.18. The van der Waals surface area contributed by atoms with E-state index in [2.05, 4.69) is 10.3 Å². The second-order valence-corrected chi connectivity index (χ2v) is 6.14. The van der Waals surface area contributed by atoms with E-state index >= 15 is 0 Å². The van der Waals surface area contributed by atoms with Crippen molar-refractivity contribution in [3.63, 3.8) is 0 Å². The van der Waals surface area contributed by atoms with E-state index in [1.165, 1.54) is 11.3 Å². The first-order valence-corrected chi connectivity index (χ1v) is 7.32. The van der Waals surface area contributed by atoms with E-state index in [-0.39, 0.29) is 11.9 Å². The van der Waals surface area contributed by atoms with Gasteiger partial charge in [0.2, 0.25) is 0 Å². The molecule has 0 spiro atoms. The van der Waals surface area contributed by atoms with Crippen molar-refractivity contribution in [3.05, 3.63) is 15.6 Å². The molecule has 0 bridgehead atoms. The highest BCUT2D eigenvalue weighted by atomic mass is 32.1. The summed E-state index contributed by atoms with van der Waals surface area (Å²) in [7, 11) is 0. The topological polar surface area (TPSA) is 62.2 Å². The molecule has 1 heterocycles. The van der Waals surface area contributed by atoms with E-state index in [0.29, 0.717) is 4.88 Å². The molecule has 1 aliphatic rings. The molecule has 2 N–H and O–H groups in total. The minimum absolute atomic E-state index is 0.0935. The quantitative estimate of drug-likeness (QED) is 0.808. The second-order valence-electron chi connectivity index (χ2n) is 4.93. The maximum atomic E-state index is 12.2. The van der Waals surface area contributed by atoms with Crippen molar-refractivity contribution >= 4 is 17.2 Å². The fourth-order valence-corrected chi connectivity index (χ4v) is 3.26. The van der Waals surface area contributed by atoms with Gasteiger partial charge in [-0.3, -0.25) is 4.79 Å². The molecule has 0 aromatic carbocycles. The maximum Gasteiger partial charge on any atom is 0.263 e. The molecule has 4 nitrogen and oxygen atoms in total. The summed E-state index contributed by atoms with van der Waals surface area (Å²) in [6.45, 7) is 3.75. The first-order chi connectivity index (χ1) is 8.58. The van der Waals surface area contributed by atoms with Crippen LogP contribution < -0.4 is 5.32 Å². The van der Waals surface area contributed by atoms with E-state index in [4.69, 9.17) is 0 Å². The molecule has 1 amide bonds. The van der Waals surface area contributed by atoms with E-state index in [1.54, 1.807) is 0 Å². The number of aromatic nitrogens is 1. The van der Waals surface area contributed by atoms with Crippen molar-refractivity contribution in [3.8, 4) is 0 Å². The number of rotatable bonds is 2. The van der Waals surface area contributed by atoms with Gasteiger partial charge >= 0.3 is 0 Å². The van der Waals surface area contributed by atoms with E-state index in [0.717, 1.165) is 42.8 Å². The number of nitrogens with zero attached hydrogens (tertiary/aromatic N) is 1. The Balaban J connectivity index is 2.04. The van der Waals surface area contributed by atoms with Crippen LogP contribution in [0, 0.1) is 13.8 Å². The summed E-state index contributed by atoms with van der Waals surface area (Å²) in [5, 5.41) is 13.9. The van der Waals surface area contributed by atoms with Gasteiger partial charge in [0, 0.05) is 0 Å². The number of amides is 1. The van der Waals surface area contributed by atoms with Crippen LogP contribution in [0.2, 0.25) is 0 Å². The summed E-state index contributed by atoms with van der Waals surface area (Å²) in [4.78, 5) is 17.1. The van der Waals surface area contributed by atoms with Gasteiger partial charge in [0.05, 0.1) is 22.8 Å². The highest BCUT2D eigenvalue weighted by Crippen LogP contribution is 2.21. The normalized spacial score (nSPS) is 24.6. The first kappa shape index (κ1) is 13.5. The summed E-state index contributed by atoms with van der Waals surface area (Å²) < 4.78 is 0. The highest BCUT2D eigenvalue weighted by molar-refractivity contribution is 7.13. The molecule has 0 radical (unpaired) electrons. The van der Waals surface area contributed by atoms with Crippen LogP contribution in [-0.4, -0.2) is 28.1 Å². The number of hydrogen-bond donors (Lipinski definition) is 2. The fourth-order valence-electron chi connectivity index (χ4n) is 2.43. The summed E-state index contributed by atoms with van der Waals surface area (Å²) in [6, 6.07) is -0.109. The number of carbonyl (C=O) groups excluding carboxylic acids is 1. The monoisotopic (exact) mass is 268 g/mol. The number of aryl methyl sites for hydroxylation is 2. The Kier molecular flexibility index (Phi) is 4.35. The lowest BCUT2D eigenvalue weighted by Crippen LogP contribution is -2.42. The molecule has 100 valence electrons. The SMILES string of the molecule is Cc1nc(C)c(C(=O)NC2CCCCCC2O)s1. The van der Waals surface area contributed by atoms with Gasteiger partial charge in [0.25, 0.3) is 5.91 Å². The molecule has 0 aliphatic heterocycles. The zero-order chi connectivity index (χ0) is 13.1. The number of aliphatic hydroxyl groups is 1. The average molecular weight is 268 g/mol. The van der Waals surface area contributed by atoms with Crippen LogP contribution in [0.25, 0.3) is 0 Å².